The zero-order valence-corrected chi connectivity index (χ0v) is 20.1. The van der Waals surface area contributed by atoms with E-state index in [9.17, 15) is 15.0 Å². The van der Waals surface area contributed by atoms with E-state index in [0.717, 1.165) is 25.9 Å². The Morgan fingerprint density at radius 2 is 1.90 bits per heavy atom. The number of aliphatic hydroxyl groups excluding tert-OH is 1. The molecule has 2 N–H and O–H groups in total. The second-order valence-corrected chi connectivity index (χ2v) is 10.6. The maximum atomic E-state index is 11.5. The number of aliphatic hydroxyl groups is 1. The van der Waals surface area contributed by atoms with Crippen LogP contribution < -0.4 is 4.74 Å². The lowest BCUT2D eigenvalue weighted by atomic mass is 9.62. The maximum absolute atomic E-state index is 11.5. The van der Waals surface area contributed by atoms with Gasteiger partial charge >= 0.3 is 5.97 Å². The summed E-state index contributed by atoms with van der Waals surface area (Å²) in [6.45, 7) is 10.6. The average Bonchev–Trinajstić information content (AvgIpc) is 2.91. The van der Waals surface area contributed by atoms with Gasteiger partial charge in [-0.15, -0.1) is 0 Å². The molecule has 2 unspecified atom stereocenters. The lowest BCUT2D eigenvalue weighted by Crippen LogP contribution is -2.42. The highest BCUT2D eigenvalue weighted by atomic mass is 35.5. The molecule has 1 saturated carbocycles. The molecule has 6 heteroatoms. The molecule has 1 aromatic carbocycles. The van der Waals surface area contributed by atoms with Crippen molar-refractivity contribution in [3.8, 4) is 5.75 Å². The van der Waals surface area contributed by atoms with E-state index in [1.807, 2.05) is 6.92 Å². The second kappa shape index (κ2) is 9.68. The fraction of sp³-hybridized carbons (Fsp3) is 0.720. The van der Waals surface area contributed by atoms with E-state index in [1.165, 1.54) is 6.42 Å². The molecule has 1 aliphatic heterocycles. The number of benzene rings is 1. The lowest BCUT2D eigenvalue weighted by molar-refractivity contribution is -0.142. The molecule has 1 heterocycles. The quantitative estimate of drug-likeness (QED) is 0.556. The van der Waals surface area contributed by atoms with Crippen molar-refractivity contribution in [1.29, 1.82) is 0 Å². The Bertz CT molecular complexity index is 779. The van der Waals surface area contributed by atoms with Gasteiger partial charge in [0.2, 0.25) is 0 Å². The van der Waals surface area contributed by atoms with Crippen LogP contribution >= 0.6 is 11.6 Å². The van der Waals surface area contributed by atoms with Gasteiger partial charge in [0.15, 0.2) is 6.29 Å². The summed E-state index contributed by atoms with van der Waals surface area (Å²) in [5.41, 5.74) is -0.466. The molecule has 0 spiro atoms. The van der Waals surface area contributed by atoms with Gasteiger partial charge < -0.3 is 19.7 Å². The monoisotopic (exact) mass is 452 g/mol. The number of rotatable bonds is 6. The van der Waals surface area contributed by atoms with E-state index in [-0.39, 0.29) is 5.92 Å². The smallest absolute Gasteiger partial charge is 0.313 e. The molecule has 1 aliphatic carbocycles. The van der Waals surface area contributed by atoms with Crippen molar-refractivity contribution < 1.29 is 24.5 Å². The molecule has 0 aromatic heterocycles. The van der Waals surface area contributed by atoms with E-state index in [1.54, 1.807) is 32.0 Å². The first kappa shape index (κ1) is 24.3. The molecule has 31 heavy (non-hydrogen) atoms. The molecule has 2 aliphatic rings. The molecule has 0 amide bonds. The van der Waals surface area contributed by atoms with Gasteiger partial charge in [0, 0.05) is 5.92 Å². The molecule has 5 nitrogen and oxygen atoms in total. The summed E-state index contributed by atoms with van der Waals surface area (Å²) in [6.07, 6.45) is 3.80. The number of fused-ring (bicyclic) bond motifs is 1. The Balaban J connectivity index is 1.72. The van der Waals surface area contributed by atoms with Gasteiger partial charge in [-0.05, 0) is 81.4 Å². The highest BCUT2D eigenvalue weighted by Crippen LogP contribution is 2.47. The molecule has 1 aromatic rings. The first-order valence-corrected chi connectivity index (χ1v) is 11.9. The summed E-state index contributed by atoms with van der Waals surface area (Å²) < 4.78 is 12.0. The molecule has 0 radical (unpaired) electrons. The van der Waals surface area contributed by atoms with Crippen LogP contribution in [0.15, 0.2) is 18.2 Å². The van der Waals surface area contributed by atoms with Crippen molar-refractivity contribution in [2.45, 2.75) is 78.1 Å². The first-order chi connectivity index (χ1) is 14.5. The highest BCUT2D eigenvalue weighted by molar-refractivity contribution is 6.32. The van der Waals surface area contributed by atoms with Gasteiger partial charge in [0.05, 0.1) is 23.1 Å². The minimum Gasteiger partial charge on any atom is -0.481 e. The third-order valence-electron chi connectivity index (χ3n) is 7.83. The Labute approximate surface area is 191 Å². The van der Waals surface area contributed by atoms with Crippen LogP contribution in [0.1, 0.15) is 65.9 Å². The van der Waals surface area contributed by atoms with E-state index in [4.69, 9.17) is 21.1 Å². The SMILES string of the molecule is CC1CC[C@@H]2C(CO1)[C@H]([C@@H](C)[C@H](O)Oc1ccc(C(C)(C)C(=O)O)cc1Cl)CC[C@H]2C. The fourth-order valence-corrected chi connectivity index (χ4v) is 5.59. The van der Waals surface area contributed by atoms with E-state index in [0.29, 0.717) is 46.1 Å². The summed E-state index contributed by atoms with van der Waals surface area (Å²) >= 11 is 6.39. The van der Waals surface area contributed by atoms with Gasteiger partial charge in [0.25, 0.3) is 0 Å². The summed E-state index contributed by atoms with van der Waals surface area (Å²) in [5.74, 6) is 1.44. The van der Waals surface area contributed by atoms with Crippen LogP contribution in [0.4, 0.5) is 0 Å². The third kappa shape index (κ3) is 5.20. The van der Waals surface area contributed by atoms with Crippen molar-refractivity contribution in [3.63, 3.8) is 0 Å². The number of carbonyl (C=O) groups is 1. The second-order valence-electron chi connectivity index (χ2n) is 10.2. The van der Waals surface area contributed by atoms with Crippen LogP contribution in [0.5, 0.6) is 5.75 Å². The summed E-state index contributed by atoms with van der Waals surface area (Å²) in [6, 6.07) is 4.97. The van der Waals surface area contributed by atoms with Crippen molar-refractivity contribution in [2.24, 2.45) is 29.6 Å². The number of carboxylic acids is 1. The van der Waals surface area contributed by atoms with Crippen LogP contribution in [0, 0.1) is 29.6 Å². The minimum atomic E-state index is -1.06. The Morgan fingerprint density at radius 1 is 1.19 bits per heavy atom. The number of halogens is 1. The summed E-state index contributed by atoms with van der Waals surface area (Å²) in [7, 11) is 0. The summed E-state index contributed by atoms with van der Waals surface area (Å²) in [4.78, 5) is 11.5. The number of ether oxygens (including phenoxy) is 2. The zero-order chi connectivity index (χ0) is 22.9. The third-order valence-corrected chi connectivity index (χ3v) is 8.12. The molecular weight excluding hydrogens is 416 g/mol. The van der Waals surface area contributed by atoms with Crippen molar-refractivity contribution in [3.05, 3.63) is 28.8 Å². The fourth-order valence-electron chi connectivity index (χ4n) is 5.36. The van der Waals surface area contributed by atoms with Gasteiger partial charge in [-0.1, -0.05) is 37.9 Å². The average molecular weight is 453 g/mol. The van der Waals surface area contributed by atoms with Gasteiger partial charge in [0.1, 0.15) is 5.75 Å². The number of hydrogen-bond donors (Lipinski definition) is 2. The van der Waals surface area contributed by atoms with Crippen LogP contribution in [-0.4, -0.2) is 35.2 Å². The molecule has 174 valence electrons. The van der Waals surface area contributed by atoms with E-state index >= 15 is 0 Å². The number of carboxylic acid groups (broad SMARTS) is 1. The van der Waals surface area contributed by atoms with E-state index < -0.39 is 17.7 Å². The molecule has 0 bridgehead atoms. The van der Waals surface area contributed by atoms with Gasteiger partial charge in [-0.3, -0.25) is 4.79 Å². The Kier molecular flexibility index (Phi) is 7.60. The first-order valence-electron chi connectivity index (χ1n) is 11.5. The Morgan fingerprint density at radius 3 is 2.55 bits per heavy atom. The summed E-state index contributed by atoms with van der Waals surface area (Å²) in [5, 5.41) is 20.7. The van der Waals surface area contributed by atoms with Crippen molar-refractivity contribution in [1.82, 2.24) is 0 Å². The normalized spacial score (nSPS) is 31.3. The minimum absolute atomic E-state index is 0.0665. The van der Waals surface area contributed by atoms with Gasteiger partial charge in [-0.25, -0.2) is 0 Å². The topological polar surface area (TPSA) is 76.0 Å². The molecule has 3 rings (SSSR count). The largest absolute Gasteiger partial charge is 0.481 e. The standard InChI is InChI=1S/C25H37ClO5/c1-14-6-9-19(20-13-30-15(2)7-10-18(14)20)16(3)23(27)31-22-11-8-17(12-21(22)26)25(4,5)24(28)29/h8,11-12,14-16,18-20,23,27H,6-7,9-10,13H2,1-5H3,(H,28,29)/t14-,15?,16-,18+,19+,20?,23-/m1/s1. The van der Waals surface area contributed by atoms with Crippen LogP contribution in [-0.2, 0) is 14.9 Å². The zero-order valence-electron chi connectivity index (χ0n) is 19.3. The predicted molar refractivity (Wildman–Crippen MR) is 121 cm³/mol. The molecule has 1 saturated heterocycles. The molecule has 2 fully saturated rings. The van der Waals surface area contributed by atoms with Crippen LogP contribution in [0.25, 0.3) is 0 Å². The maximum Gasteiger partial charge on any atom is 0.313 e. The van der Waals surface area contributed by atoms with Crippen molar-refractivity contribution >= 4 is 17.6 Å². The van der Waals surface area contributed by atoms with Crippen molar-refractivity contribution in [2.75, 3.05) is 6.61 Å². The Hall–Kier alpha value is -1.30. The number of hydrogen-bond acceptors (Lipinski definition) is 4. The lowest BCUT2D eigenvalue weighted by Gasteiger charge is -2.44. The highest BCUT2D eigenvalue weighted by Gasteiger charge is 2.43. The van der Waals surface area contributed by atoms with Crippen LogP contribution in [0.2, 0.25) is 5.02 Å². The molecular formula is C25H37ClO5. The molecule has 7 atom stereocenters. The predicted octanol–water partition coefficient (Wildman–Crippen LogP) is 5.51. The van der Waals surface area contributed by atoms with Crippen LogP contribution in [0.3, 0.4) is 0 Å². The number of aliphatic carboxylic acids is 1. The van der Waals surface area contributed by atoms with E-state index in [2.05, 4.69) is 13.8 Å². The van der Waals surface area contributed by atoms with Gasteiger partial charge in [-0.2, -0.15) is 0 Å².